The van der Waals surface area contributed by atoms with Gasteiger partial charge in [0.05, 0.1) is 25.6 Å². The first-order chi connectivity index (χ1) is 14.0. The Labute approximate surface area is 173 Å². The summed E-state index contributed by atoms with van der Waals surface area (Å²) in [7, 11) is 1.60. The Kier molecular flexibility index (Phi) is 7.46. The monoisotopic (exact) mass is 400 g/mol. The van der Waals surface area contributed by atoms with Crippen LogP contribution < -0.4 is 20.1 Å². The quantitative estimate of drug-likeness (QED) is 0.585. The molecule has 158 valence electrons. The first kappa shape index (κ1) is 21.1. The van der Waals surface area contributed by atoms with Crippen molar-refractivity contribution in [3.63, 3.8) is 0 Å². The third-order valence-corrected chi connectivity index (χ3v) is 4.63. The van der Waals surface area contributed by atoms with Gasteiger partial charge in [0.15, 0.2) is 5.75 Å². The van der Waals surface area contributed by atoms with E-state index in [1.165, 1.54) is 25.9 Å². The number of hydrogen-bond donors (Lipinski definition) is 2. The number of anilines is 3. The minimum Gasteiger partial charge on any atom is -0.488 e. The molecule has 0 amide bonds. The van der Waals surface area contributed by atoms with Gasteiger partial charge in [0.1, 0.15) is 5.82 Å². The number of nitrogens with one attached hydrogen (secondary N) is 2. The number of pyridine rings is 1. The molecule has 0 saturated carbocycles. The van der Waals surface area contributed by atoms with Crippen LogP contribution in [0.1, 0.15) is 38.8 Å². The molecule has 8 heteroatoms. The number of methoxy groups -OCH3 is 1. The lowest BCUT2D eigenvalue weighted by atomic mass is 10.3. The zero-order valence-electron chi connectivity index (χ0n) is 17.9. The molecule has 1 aliphatic rings. The molecule has 0 radical (unpaired) electrons. The zero-order chi connectivity index (χ0) is 20.6. The van der Waals surface area contributed by atoms with Crippen LogP contribution in [0.4, 0.5) is 17.5 Å². The molecule has 0 aromatic carbocycles. The molecule has 0 spiro atoms. The molecule has 1 aliphatic heterocycles. The summed E-state index contributed by atoms with van der Waals surface area (Å²) in [5, 5.41) is 6.52. The maximum Gasteiger partial charge on any atom is 0.256 e. The maximum atomic E-state index is 5.96. The van der Waals surface area contributed by atoms with Crippen molar-refractivity contribution in [1.82, 2.24) is 19.9 Å². The van der Waals surface area contributed by atoms with Crippen LogP contribution in [-0.4, -0.2) is 59.2 Å². The fourth-order valence-corrected chi connectivity index (χ4v) is 3.36. The summed E-state index contributed by atoms with van der Waals surface area (Å²) in [6, 6.07) is 4.09. The third kappa shape index (κ3) is 6.45. The van der Waals surface area contributed by atoms with Crippen molar-refractivity contribution in [3.8, 4) is 11.6 Å². The summed E-state index contributed by atoms with van der Waals surface area (Å²) in [6.07, 6.45) is 5.28. The Bertz CT molecular complexity index is 793. The normalized spacial score (nSPS) is 14.2. The van der Waals surface area contributed by atoms with E-state index in [1.807, 2.05) is 19.1 Å². The number of likely N-dealkylation sites (tertiary alicyclic amines) is 1. The van der Waals surface area contributed by atoms with E-state index in [4.69, 9.17) is 9.47 Å². The minimum atomic E-state index is 0.292. The number of hydrogen-bond acceptors (Lipinski definition) is 8. The van der Waals surface area contributed by atoms with Crippen LogP contribution in [0.15, 0.2) is 18.3 Å². The lowest BCUT2D eigenvalue weighted by molar-refractivity contribution is 0.252. The molecule has 1 saturated heterocycles. The third-order valence-electron chi connectivity index (χ3n) is 4.63. The minimum absolute atomic E-state index is 0.292. The standard InChI is InChI=1S/C21H32N6O2/c1-15(2)23-19-12-16(3)24-21(26-19)25-17-13-18(20(28-4)22-14-17)29-11-7-10-27-8-5-6-9-27/h12-15H,5-11H2,1-4H3,(H2,23,24,25,26). The summed E-state index contributed by atoms with van der Waals surface area (Å²) in [4.78, 5) is 15.8. The molecule has 2 N–H and O–H groups in total. The highest BCUT2D eigenvalue weighted by atomic mass is 16.5. The van der Waals surface area contributed by atoms with Crippen LogP contribution in [0.25, 0.3) is 0 Å². The lowest BCUT2D eigenvalue weighted by Crippen LogP contribution is -2.22. The fraction of sp³-hybridized carbons (Fsp3) is 0.571. The van der Waals surface area contributed by atoms with Crippen molar-refractivity contribution in [3.05, 3.63) is 24.0 Å². The zero-order valence-corrected chi connectivity index (χ0v) is 17.9. The Hall–Kier alpha value is -2.61. The largest absolute Gasteiger partial charge is 0.488 e. The predicted molar refractivity (Wildman–Crippen MR) is 115 cm³/mol. The number of aryl methyl sites for hydroxylation is 1. The first-order valence-electron chi connectivity index (χ1n) is 10.3. The summed E-state index contributed by atoms with van der Waals surface area (Å²) >= 11 is 0. The highest BCUT2D eigenvalue weighted by molar-refractivity contribution is 5.58. The SMILES string of the molecule is COc1ncc(Nc2nc(C)cc(NC(C)C)n2)cc1OCCCN1CCCC1. The van der Waals surface area contributed by atoms with Gasteiger partial charge >= 0.3 is 0 Å². The van der Waals surface area contributed by atoms with Crippen molar-refractivity contribution in [1.29, 1.82) is 0 Å². The van der Waals surface area contributed by atoms with Gasteiger partial charge in [0.25, 0.3) is 5.88 Å². The van der Waals surface area contributed by atoms with Gasteiger partial charge in [-0.05, 0) is 53.1 Å². The first-order valence-corrected chi connectivity index (χ1v) is 10.3. The lowest BCUT2D eigenvalue weighted by Gasteiger charge is -2.16. The van der Waals surface area contributed by atoms with E-state index in [-0.39, 0.29) is 0 Å². The molecule has 8 nitrogen and oxygen atoms in total. The van der Waals surface area contributed by atoms with Crippen LogP contribution in [0, 0.1) is 6.92 Å². The van der Waals surface area contributed by atoms with Gasteiger partial charge in [-0.1, -0.05) is 0 Å². The summed E-state index contributed by atoms with van der Waals surface area (Å²) in [6.45, 7) is 10.2. The average Bonchev–Trinajstić information content (AvgIpc) is 3.18. The van der Waals surface area contributed by atoms with Crippen molar-refractivity contribution in [2.45, 2.75) is 46.1 Å². The number of nitrogens with zero attached hydrogens (tertiary/aromatic N) is 4. The van der Waals surface area contributed by atoms with Crippen LogP contribution in [0.5, 0.6) is 11.6 Å². The van der Waals surface area contributed by atoms with Gasteiger partial charge in [-0.2, -0.15) is 4.98 Å². The van der Waals surface area contributed by atoms with Gasteiger partial charge in [-0.15, -0.1) is 0 Å². The second-order valence-corrected chi connectivity index (χ2v) is 7.62. The highest BCUT2D eigenvalue weighted by Crippen LogP contribution is 2.28. The Morgan fingerprint density at radius 3 is 2.69 bits per heavy atom. The Balaban J connectivity index is 1.63. The summed E-state index contributed by atoms with van der Waals surface area (Å²) < 4.78 is 11.3. The van der Waals surface area contributed by atoms with E-state index < -0.39 is 0 Å². The van der Waals surface area contributed by atoms with E-state index in [0.717, 1.165) is 30.2 Å². The van der Waals surface area contributed by atoms with E-state index >= 15 is 0 Å². The van der Waals surface area contributed by atoms with Crippen LogP contribution in [0.2, 0.25) is 0 Å². The molecular weight excluding hydrogens is 368 g/mol. The molecule has 2 aromatic rings. The fourth-order valence-electron chi connectivity index (χ4n) is 3.36. The van der Waals surface area contributed by atoms with Crippen LogP contribution in [0.3, 0.4) is 0 Å². The van der Waals surface area contributed by atoms with Crippen molar-refractivity contribution < 1.29 is 9.47 Å². The smallest absolute Gasteiger partial charge is 0.256 e. The number of ether oxygens (including phenoxy) is 2. The van der Waals surface area contributed by atoms with Crippen molar-refractivity contribution in [2.24, 2.45) is 0 Å². The highest BCUT2D eigenvalue weighted by Gasteiger charge is 2.12. The van der Waals surface area contributed by atoms with Gasteiger partial charge in [-0.25, -0.2) is 9.97 Å². The molecule has 0 atom stereocenters. The van der Waals surface area contributed by atoms with E-state index in [2.05, 4.69) is 44.3 Å². The van der Waals surface area contributed by atoms with Crippen LogP contribution in [-0.2, 0) is 0 Å². The summed E-state index contributed by atoms with van der Waals surface area (Å²) in [5.74, 6) is 2.39. The molecule has 1 fully saturated rings. The van der Waals surface area contributed by atoms with Gasteiger partial charge in [0, 0.05) is 30.4 Å². The van der Waals surface area contributed by atoms with E-state index in [9.17, 15) is 0 Å². The topological polar surface area (TPSA) is 84.4 Å². The second kappa shape index (κ2) is 10.2. The molecule has 0 unspecified atom stereocenters. The van der Waals surface area contributed by atoms with Crippen molar-refractivity contribution in [2.75, 3.05) is 44.0 Å². The molecule has 2 aromatic heterocycles. The van der Waals surface area contributed by atoms with Gasteiger partial charge in [-0.3, -0.25) is 0 Å². The number of rotatable bonds is 10. The second-order valence-electron chi connectivity index (χ2n) is 7.62. The van der Waals surface area contributed by atoms with E-state index in [0.29, 0.717) is 30.2 Å². The van der Waals surface area contributed by atoms with Gasteiger partial charge in [0.2, 0.25) is 5.95 Å². The maximum absolute atomic E-state index is 5.96. The predicted octanol–water partition coefficient (Wildman–Crippen LogP) is 3.62. The Morgan fingerprint density at radius 1 is 1.17 bits per heavy atom. The summed E-state index contributed by atoms with van der Waals surface area (Å²) in [5.41, 5.74) is 1.63. The number of aromatic nitrogens is 3. The molecule has 0 aliphatic carbocycles. The average molecular weight is 401 g/mol. The molecule has 0 bridgehead atoms. The molecular formula is C21H32N6O2. The molecule has 3 heterocycles. The molecule has 29 heavy (non-hydrogen) atoms. The molecule has 3 rings (SSSR count). The van der Waals surface area contributed by atoms with Gasteiger partial charge < -0.3 is 25.0 Å². The Morgan fingerprint density at radius 2 is 1.97 bits per heavy atom. The van der Waals surface area contributed by atoms with Crippen LogP contribution >= 0.6 is 0 Å². The van der Waals surface area contributed by atoms with E-state index in [1.54, 1.807) is 13.3 Å². The van der Waals surface area contributed by atoms with Crippen molar-refractivity contribution >= 4 is 17.5 Å².